The van der Waals surface area contributed by atoms with Crippen molar-refractivity contribution in [2.45, 2.75) is 31.0 Å². The predicted octanol–water partition coefficient (Wildman–Crippen LogP) is 4.23. The molecule has 1 aromatic heterocycles. The second-order valence-electron chi connectivity index (χ2n) is 7.00. The molecule has 0 spiro atoms. The number of hydrogen-bond donors (Lipinski definition) is 0. The lowest BCUT2D eigenvalue weighted by atomic mass is 10.0. The Morgan fingerprint density at radius 2 is 1.86 bits per heavy atom. The number of hydrogen-bond acceptors (Lipinski definition) is 4. The molecular weight excluding hydrogens is 377 g/mol. The third-order valence-electron chi connectivity index (χ3n) is 5.07. The van der Waals surface area contributed by atoms with Crippen molar-refractivity contribution in [3.05, 3.63) is 65.6 Å². The van der Waals surface area contributed by atoms with Gasteiger partial charge in [-0.15, -0.1) is 0 Å². The van der Waals surface area contributed by atoms with Gasteiger partial charge in [0.1, 0.15) is 5.82 Å². The molecule has 2 heterocycles. The molecule has 2 atom stereocenters. The van der Waals surface area contributed by atoms with E-state index in [4.69, 9.17) is 9.84 Å². The van der Waals surface area contributed by atoms with Crippen LogP contribution in [0.1, 0.15) is 18.2 Å². The van der Waals surface area contributed by atoms with E-state index in [1.165, 1.54) is 12.1 Å². The van der Waals surface area contributed by atoms with E-state index in [2.05, 4.69) is 4.36 Å². The van der Waals surface area contributed by atoms with Gasteiger partial charge in [-0.25, -0.2) is 17.6 Å². The molecule has 0 radical (unpaired) electrons. The van der Waals surface area contributed by atoms with Gasteiger partial charge in [-0.2, -0.15) is 5.10 Å². The summed E-state index contributed by atoms with van der Waals surface area (Å²) < 4.78 is 37.5. The number of fused-ring (bicyclic) bond motifs is 1. The van der Waals surface area contributed by atoms with Crippen LogP contribution in [-0.2, 0) is 27.5 Å². The normalized spacial score (nSPS) is 18.4. The number of nitrogens with zero attached hydrogens (tertiary/aromatic N) is 3. The van der Waals surface area contributed by atoms with E-state index in [0.717, 1.165) is 34.6 Å². The van der Waals surface area contributed by atoms with Crippen LogP contribution < -0.4 is 0 Å². The fourth-order valence-electron chi connectivity index (χ4n) is 3.40. The zero-order valence-electron chi connectivity index (χ0n) is 16.1. The first-order chi connectivity index (χ1) is 13.4. The topological polar surface area (TPSA) is 56.5 Å². The van der Waals surface area contributed by atoms with Crippen LogP contribution in [0.15, 0.2) is 57.8 Å². The van der Waals surface area contributed by atoms with Crippen LogP contribution in [0.5, 0.6) is 0 Å². The molecule has 0 amide bonds. The summed E-state index contributed by atoms with van der Waals surface area (Å²) >= 11 is 0. The van der Waals surface area contributed by atoms with Crippen LogP contribution >= 0.6 is 0 Å². The number of aromatic nitrogens is 2. The van der Waals surface area contributed by atoms with Gasteiger partial charge in [0.2, 0.25) is 0 Å². The summed E-state index contributed by atoms with van der Waals surface area (Å²) in [7, 11) is -0.809. The molecule has 0 saturated carbocycles. The maximum Gasteiger partial charge on any atom is 0.123 e. The van der Waals surface area contributed by atoms with Crippen molar-refractivity contribution < 1.29 is 13.3 Å². The summed E-state index contributed by atoms with van der Waals surface area (Å²) in [5, 5.41) is 4.83. The third-order valence-corrected chi connectivity index (χ3v) is 6.91. The average molecular weight is 399 g/mol. The van der Waals surface area contributed by atoms with Crippen LogP contribution in [0.4, 0.5) is 4.39 Å². The molecule has 146 valence electrons. The first kappa shape index (κ1) is 18.8. The molecule has 1 aliphatic heterocycles. The van der Waals surface area contributed by atoms with Gasteiger partial charge in [0, 0.05) is 35.7 Å². The quantitative estimate of drug-likeness (QED) is 0.662. The molecule has 0 bridgehead atoms. The standard InChI is InChI=1S/C21H22FN3O2S/c1-14-12-20-19(13-27-14)21(24-25(20)17-8-6-16(22)7-9-17)15-4-10-18(11-5-15)28(3,26)23-2/h4-11,14H,12-13H2,1-3H3/t14-,28?/m0/s1. The first-order valence-corrected chi connectivity index (χ1v) is 11.0. The van der Waals surface area contributed by atoms with Crippen LogP contribution in [-0.4, -0.2) is 33.4 Å². The highest BCUT2D eigenvalue weighted by atomic mass is 32.2. The molecule has 0 saturated heterocycles. The van der Waals surface area contributed by atoms with Crippen molar-refractivity contribution in [3.63, 3.8) is 0 Å². The van der Waals surface area contributed by atoms with Crippen molar-refractivity contribution in [2.24, 2.45) is 4.36 Å². The Labute approximate surface area is 164 Å². The van der Waals surface area contributed by atoms with Gasteiger partial charge in [-0.3, -0.25) is 0 Å². The van der Waals surface area contributed by atoms with Gasteiger partial charge in [-0.05, 0) is 43.3 Å². The van der Waals surface area contributed by atoms with Crippen LogP contribution in [0.2, 0.25) is 0 Å². The minimum absolute atomic E-state index is 0.0922. The molecule has 1 aliphatic rings. The van der Waals surface area contributed by atoms with Crippen LogP contribution in [0, 0.1) is 5.82 Å². The molecule has 0 N–H and O–H groups in total. The molecule has 4 rings (SSSR count). The van der Waals surface area contributed by atoms with Crippen molar-refractivity contribution >= 4 is 9.73 Å². The van der Waals surface area contributed by atoms with E-state index < -0.39 is 9.73 Å². The second kappa shape index (κ2) is 7.14. The van der Waals surface area contributed by atoms with E-state index in [1.54, 1.807) is 25.4 Å². The lowest BCUT2D eigenvalue weighted by Crippen LogP contribution is -2.20. The fourth-order valence-corrected chi connectivity index (χ4v) is 4.25. The molecule has 5 nitrogen and oxygen atoms in total. The molecule has 7 heteroatoms. The number of rotatable bonds is 3. The van der Waals surface area contributed by atoms with Gasteiger partial charge in [-0.1, -0.05) is 12.1 Å². The van der Waals surface area contributed by atoms with Crippen molar-refractivity contribution in [2.75, 3.05) is 13.3 Å². The molecule has 0 fully saturated rings. The highest BCUT2D eigenvalue weighted by Gasteiger charge is 2.26. The number of benzene rings is 2. The Morgan fingerprint density at radius 3 is 2.50 bits per heavy atom. The zero-order valence-corrected chi connectivity index (χ0v) is 16.9. The summed E-state index contributed by atoms with van der Waals surface area (Å²) in [6, 6.07) is 13.8. The lowest BCUT2D eigenvalue weighted by Gasteiger charge is -2.21. The van der Waals surface area contributed by atoms with E-state index in [0.29, 0.717) is 11.5 Å². The molecule has 28 heavy (non-hydrogen) atoms. The van der Waals surface area contributed by atoms with E-state index in [9.17, 15) is 8.60 Å². The summed E-state index contributed by atoms with van der Waals surface area (Å²) in [6.45, 7) is 2.51. The Balaban J connectivity index is 1.83. The zero-order chi connectivity index (χ0) is 19.9. The van der Waals surface area contributed by atoms with Gasteiger partial charge in [0.15, 0.2) is 0 Å². The minimum Gasteiger partial charge on any atom is -0.373 e. The average Bonchev–Trinajstić information content (AvgIpc) is 3.07. The third kappa shape index (κ3) is 3.36. The van der Waals surface area contributed by atoms with Crippen molar-refractivity contribution in [1.29, 1.82) is 0 Å². The summed E-state index contributed by atoms with van der Waals surface area (Å²) in [5.74, 6) is -0.276. The Bertz CT molecular complexity index is 1130. The van der Waals surface area contributed by atoms with Crippen LogP contribution in [0.3, 0.4) is 0 Å². The molecule has 0 aliphatic carbocycles. The predicted molar refractivity (Wildman–Crippen MR) is 108 cm³/mol. The van der Waals surface area contributed by atoms with Crippen molar-refractivity contribution in [1.82, 2.24) is 9.78 Å². The lowest BCUT2D eigenvalue weighted by molar-refractivity contribution is 0.0401. The van der Waals surface area contributed by atoms with Crippen molar-refractivity contribution in [3.8, 4) is 16.9 Å². The maximum atomic E-state index is 13.4. The van der Waals surface area contributed by atoms with Gasteiger partial charge < -0.3 is 4.74 Å². The van der Waals surface area contributed by atoms with Crippen LogP contribution in [0.25, 0.3) is 16.9 Å². The number of ether oxygens (including phenoxy) is 1. The van der Waals surface area contributed by atoms with Gasteiger partial charge in [0.25, 0.3) is 0 Å². The molecule has 2 aromatic carbocycles. The Kier molecular flexibility index (Phi) is 4.81. The Morgan fingerprint density at radius 1 is 1.18 bits per heavy atom. The first-order valence-electron chi connectivity index (χ1n) is 9.08. The van der Waals surface area contributed by atoms with E-state index in [-0.39, 0.29) is 11.9 Å². The second-order valence-corrected chi connectivity index (χ2v) is 9.44. The SMILES string of the molecule is CN=S(C)(=O)c1ccc(-c2nn(-c3ccc(F)cc3)c3c2CO[C@@H](C)C3)cc1. The smallest absolute Gasteiger partial charge is 0.123 e. The molecule has 1 unspecified atom stereocenters. The summed E-state index contributed by atoms with van der Waals surface area (Å²) in [5.41, 5.74) is 4.68. The van der Waals surface area contributed by atoms with E-state index in [1.807, 2.05) is 35.9 Å². The maximum absolute atomic E-state index is 13.4. The summed E-state index contributed by atoms with van der Waals surface area (Å²) in [6.07, 6.45) is 2.45. The molecular formula is C21H22FN3O2S. The molecule has 3 aromatic rings. The van der Waals surface area contributed by atoms with Gasteiger partial charge in [0.05, 0.1) is 39.5 Å². The largest absolute Gasteiger partial charge is 0.373 e. The Hall–Kier alpha value is -2.51. The number of halogens is 1. The van der Waals surface area contributed by atoms with Gasteiger partial charge >= 0.3 is 0 Å². The highest BCUT2D eigenvalue weighted by molar-refractivity contribution is 7.93. The highest BCUT2D eigenvalue weighted by Crippen LogP contribution is 2.33. The fraction of sp³-hybridized carbons (Fsp3) is 0.286. The van der Waals surface area contributed by atoms with E-state index >= 15 is 0 Å². The monoisotopic (exact) mass is 399 g/mol. The minimum atomic E-state index is -2.37. The summed E-state index contributed by atoms with van der Waals surface area (Å²) in [4.78, 5) is 0.690.